The molecule has 0 fully saturated rings. The monoisotopic (exact) mass is 301 g/mol. The highest BCUT2D eigenvalue weighted by Gasteiger charge is 2.15. The number of benzene rings is 1. The van der Waals surface area contributed by atoms with Gasteiger partial charge in [0.05, 0.1) is 24.5 Å². The number of aryl methyl sites for hydroxylation is 1. The number of esters is 1. The van der Waals surface area contributed by atoms with Gasteiger partial charge in [-0.1, -0.05) is 12.1 Å². The van der Waals surface area contributed by atoms with Crippen LogP contribution in [0.2, 0.25) is 0 Å². The molecule has 5 heteroatoms. The van der Waals surface area contributed by atoms with Gasteiger partial charge >= 0.3 is 5.97 Å². The zero-order valence-electron chi connectivity index (χ0n) is 11.9. The van der Waals surface area contributed by atoms with Crippen molar-refractivity contribution < 1.29 is 13.9 Å². The second kappa shape index (κ2) is 7.00. The first-order valence-corrected chi connectivity index (χ1v) is 7.54. The van der Waals surface area contributed by atoms with Crippen molar-refractivity contribution in [1.82, 2.24) is 0 Å². The standard InChI is InChI=1S/C16H15NO3S/c1-11-15(16(18)19-2)7-14(20-11)10-21-9-13-5-3-12(8-17)4-6-13/h3-7H,9-10H2,1-2H3. The topological polar surface area (TPSA) is 63.2 Å². The number of ether oxygens (including phenoxy) is 1. The molecule has 0 atom stereocenters. The minimum absolute atomic E-state index is 0.375. The van der Waals surface area contributed by atoms with E-state index in [2.05, 4.69) is 6.07 Å². The Morgan fingerprint density at radius 3 is 2.67 bits per heavy atom. The van der Waals surface area contributed by atoms with E-state index in [9.17, 15) is 4.79 Å². The number of rotatable bonds is 5. The first kappa shape index (κ1) is 15.2. The number of nitriles is 1. The van der Waals surface area contributed by atoms with Gasteiger partial charge in [0.25, 0.3) is 0 Å². The minimum Gasteiger partial charge on any atom is -0.465 e. The smallest absolute Gasteiger partial charge is 0.341 e. The van der Waals surface area contributed by atoms with E-state index in [0.717, 1.165) is 17.1 Å². The summed E-state index contributed by atoms with van der Waals surface area (Å²) in [6, 6.07) is 11.3. The Labute approximate surface area is 127 Å². The number of hydrogen-bond acceptors (Lipinski definition) is 5. The van der Waals surface area contributed by atoms with Crippen molar-refractivity contribution in [3.63, 3.8) is 0 Å². The average Bonchev–Trinajstić information content (AvgIpc) is 2.88. The highest BCUT2D eigenvalue weighted by molar-refractivity contribution is 7.97. The van der Waals surface area contributed by atoms with E-state index < -0.39 is 0 Å². The van der Waals surface area contributed by atoms with Crippen LogP contribution in [0.1, 0.15) is 33.0 Å². The van der Waals surface area contributed by atoms with Crippen molar-refractivity contribution in [1.29, 1.82) is 5.26 Å². The summed E-state index contributed by atoms with van der Waals surface area (Å²) in [5, 5.41) is 8.74. The molecule has 4 nitrogen and oxygen atoms in total. The van der Waals surface area contributed by atoms with Crippen LogP contribution in [-0.2, 0) is 16.2 Å². The SMILES string of the molecule is COC(=O)c1cc(CSCc2ccc(C#N)cc2)oc1C. The summed E-state index contributed by atoms with van der Waals surface area (Å²) in [5.74, 6) is 2.46. The third-order valence-electron chi connectivity index (χ3n) is 2.97. The fraction of sp³-hybridized carbons (Fsp3) is 0.250. The van der Waals surface area contributed by atoms with E-state index in [1.807, 2.05) is 24.3 Å². The molecule has 2 rings (SSSR count). The summed E-state index contributed by atoms with van der Waals surface area (Å²) in [6.07, 6.45) is 0. The Kier molecular flexibility index (Phi) is 5.07. The van der Waals surface area contributed by atoms with Crippen LogP contribution >= 0.6 is 11.8 Å². The number of thioether (sulfide) groups is 1. The Morgan fingerprint density at radius 1 is 1.33 bits per heavy atom. The predicted molar refractivity (Wildman–Crippen MR) is 80.9 cm³/mol. The van der Waals surface area contributed by atoms with E-state index in [1.54, 1.807) is 24.8 Å². The lowest BCUT2D eigenvalue weighted by Crippen LogP contribution is -2.00. The third kappa shape index (κ3) is 3.89. The maximum absolute atomic E-state index is 11.5. The van der Waals surface area contributed by atoms with Crippen LogP contribution in [0.5, 0.6) is 0 Å². The summed E-state index contributed by atoms with van der Waals surface area (Å²) in [7, 11) is 1.36. The van der Waals surface area contributed by atoms with Crippen molar-refractivity contribution in [2.24, 2.45) is 0 Å². The van der Waals surface area contributed by atoms with Crippen LogP contribution in [0.15, 0.2) is 34.7 Å². The minimum atomic E-state index is -0.375. The van der Waals surface area contributed by atoms with Gasteiger partial charge in [-0.05, 0) is 30.7 Å². The van der Waals surface area contributed by atoms with Gasteiger partial charge in [0.1, 0.15) is 17.1 Å². The molecule has 0 amide bonds. The van der Waals surface area contributed by atoms with Crippen LogP contribution in [0.3, 0.4) is 0 Å². The number of carbonyl (C=O) groups is 1. The molecule has 108 valence electrons. The summed E-state index contributed by atoms with van der Waals surface area (Å²) < 4.78 is 10.2. The van der Waals surface area contributed by atoms with Crippen LogP contribution in [0.25, 0.3) is 0 Å². The van der Waals surface area contributed by atoms with Gasteiger partial charge in [0.2, 0.25) is 0 Å². The molecule has 21 heavy (non-hydrogen) atoms. The maximum Gasteiger partial charge on any atom is 0.341 e. The first-order valence-electron chi connectivity index (χ1n) is 6.38. The molecule has 1 aromatic heterocycles. The van der Waals surface area contributed by atoms with Crippen molar-refractivity contribution in [2.45, 2.75) is 18.4 Å². The molecular formula is C16H15NO3S. The van der Waals surface area contributed by atoms with Crippen LogP contribution < -0.4 is 0 Å². The molecule has 0 unspecified atom stereocenters. The zero-order valence-corrected chi connectivity index (χ0v) is 12.7. The van der Waals surface area contributed by atoms with E-state index in [-0.39, 0.29) is 5.97 Å². The predicted octanol–water partition coefficient (Wildman–Crippen LogP) is 3.68. The molecule has 0 spiro atoms. The van der Waals surface area contributed by atoms with Crippen molar-refractivity contribution >= 4 is 17.7 Å². The Hall–Kier alpha value is -2.19. The second-order valence-corrected chi connectivity index (χ2v) is 5.46. The molecular weight excluding hydrogens is 286 g/mol. The normalized spacial score (nSPS) is 10.1. The molecule has 2 aromatic rings. The number of nitrogens with zero attached hydrogens (tertiary/aromatic N) is 1. The van der Waals surface area contributed by atoms with Crippen molar-refractivity contribution in [2.75, 3.05) is 7.11 Å². The summed E-state index contributed by atoms with van der Waals surface area (Å²) in [4.78, 5) is 11.5. The first-order chi connectivity index (χ1) is 10.1. The van der Waals surface area contributed by atoms with E-state index in [1.165, 1.54) is 7.11 Å². The average molecular weight is 301 g/mol. The van der Waals surface area contributed by atoms with Crippen molar-refractivity contribution in [3.05, 3.63) is 58.5 Å². The van der Waals surface area contributed by atoms with Gasteiger partial charge in [0.15, 0.2) is 0 Å². The van der Waals surface area contributed by atoms with Gasteiger partial charge in [-0.25, -0.2) is 4.79 Å². The van der Waals surface area contributed by atoms with E-state index in [0.29, 0.717) is 22.6 Å². The molecule has 0 aliphatic carbocycles. The summed E-state index contributed by atoms with van der Waals surface area (Å²) in [5.41, 5.74) is 2.29. The second-order valence-electron chi connectivity index (χ2n) is 4.48. The lowest BCUT2D eigenvalue weighted by atomic mass is 10.2. The van der Waals surface area contributed by atoms with Crippen LogP contribution in [-0.4, -0.2) is 13.1 Å². The number of hydrogen-bond donors (Lipinski definition) is 0. The van der Waals surface area contributed by atoms with Gasteiger partial charge < -0.3 is 9.15 Å². The van der Waals surface area contributed by atoms with Crippen LogP contribution in [0, 0.1) is 18.3 Å². The molecule has 0 bridgehead atoms. The lowest BCUT2D eigenvalue weighted by Gasteiger charge is -2.00. The molecule has 0 saturated carbocycles. The molecule has 0 radical (unpaired) electrons. The highest BCUT2D eigenvalue weighted by Crippen LogP contribution is 2.22. The quantitative estimate of drug-likeness (QED) is 0.788. The molecule has 0 aliphatic rings. The Bertz CT molecular complexity index is 668. The number of carbonyl (C=O) groups excluding carboxylic acids is 1. The molecule has 0 saturated heterocycles. The highest BCUT2D eigenvalue weighted by atomic mass is 32.2. The number of methoxy groups -OCH3 is 1. The van der Waals surface area contributed by atoms with E-state index in [4.69, 9.17) is 14.4 Å². The third-order valence-corrected chi connectivity index (χ3v) is 4.00. The Morgan fingerprint density at radius 2 is 2.05 bits per heavy atom. The molecule has 0 aliphatic heterocycles. The summed E-state index contributed by atoms with van der Waals surface area (Å²) >= 11 is 1.69. The summed E-state index contributed by atoms with van der Waals surface area (Å²) in [6.45, 7) is 1.75. The molecule has 1 heterocycles. The number of furan rings is 1. The van der Waals surface area contributed by atoms with E-state index >= 15 is 0 Å². The molecule has 0 N–H and O–H groups in total. The molecule has 1 aromatic carbocycles. The van der Waals surface area contributed by atoms with Gasteiger partial charge in [-0.3, -0.25) is 0 Å². The van der Waals surface area contributed by atoms with Gasteiger partial charge in [-0.15, -0.1) is 11.8 Å². The zero-order chi connectivity index (χ0) is 15.2. The Balaban J connectivity index is 1.91. The lowest BCUT2D eigenvalue weighted by molar-refractivity contribution is 0.0599. The fourth-order valence-electron chi connectivity index (χ4n) is 1.87. The van der Waals surface area contributed by atoms with Gasteiger partial charge in [-0.2, -0.15) is 5.26 Å². The van der Waals surface area contributed by atoms with Gasteiger partial charge in [0, 0.05) is 5.75 Å². The van der Waals surface area contributed by atoms with Crippen molar-refractivity contribution in [3.8, 4) is 6.07 Å². The fourth-order valence-corrected chi connectivity index (χ4v) is 2.75. The largest absolute Gasteiger partial charge is 0.465 e. The van der Waals surface area contributed by atoms with Crippen LogP contribution in [0.4, 0.5) is 0 Å². The maximum atomic E-state index is 11.5.